The van der Waals surface area contributed by atoms with Crippen LogP contribution in [0.25, 0.3) is 5.82 Å². The number of nitrogens with two attached hydrogens (primary N) is 1. The average molecular weight is 477 g/mol. The molecule has 2 aromatic carbocycles. The normalized spacial score (nSPS) is 11.3. The van der Waals surface area contributed by atoms with Crippen LogP contribution in [0.5, 0.6) is 0 Å². The third kappa shape index (κ3) is 4.99. The molecule has 2 heterocycles. The molecule has 0 spiro atoms. The van der Waals surface area contributed by atoms with Crippen molar-refractivity contribution < 1.29 is 9.42 Å². The smallest absolute Gasteiger partial charge is 0.293 e. The quantitative estimate of drug-likeness (QED) is 0.235. The van der Waals surface area contributed by atoms with Crippen LogP contribution in [0.1, 0.15) is 44.0 Å². The Morgan fingerprint density at radius 3 is 2.47 bits per heavy atom. The van der Waals surface area contributed by atoms with Gasteiger partial charge in [0, 0.05) is 16.2 Å². The van der Waals surface area contributed by atoms with Crippen LogP contribution in [0.15, 0.2) is 51.0 Å². The van der Waals surface area contributed by atoms with E-state index in [-0.39, 0.29) is 17.3 Å². The molecule has 11 heteroatoms. The Balaban J connectivity index is 1.59. The SMILES string of the molecule is Cc1ccc(SCc2c(C(=O)N/N=C/c3c(C)cc(C)cc3C)nnn2-c2nonc2N)cc1. The van der Waals surface area contributed by atoms with Crippen molar-refractivity contribution in [3.05, 3.63) is 75.6 Å². The van der Waals surface area contributed by atoms with Crippen molar-refractivity contribution in [1.29, 1.82) is 0 Å². The van der Waals surface area contributed by atoms with Gasteiger partial charge < -0.3 is 5.73 Å². The van der Waals surface area contributed by atoms with Gasteiger partial charge in [0.05, 0.1) is 11.9 Å². The van der Waals surface area contributed by atoms with Crippen LogP contribution in [-0.4, -0.2) is 37.4 Å². The zero-order valence-electron chi connectivity index (χ0n) is 19.2. The summed E-state index contributed by atoms with van der Waals surface area (Å²) in [7, 11) is 0. The molecule has 174 valence electrons. The number of nitrogens with one attached hydrogen (secondary N) is 1. The molecule has 0 aliphatic carbocycles. The lowest BCUT2D eigenvalue weighted by Gasteiger charge is -2.07. The van der Waals surface area contributed by atoms with Crippen molar-refractivity contribution in [3.63, 3.8) is 0 Å². The molecular weight excluding hydrogens is 452 g/mol. The van der Waals surface area contributed by atoms with Gasteiger partial charge in [-0.05, 0) is 61.3 Å². The second-order valence-electron chi connectivity index (χ2n) is 7.88. The number of nitrogen functional groups attached to an aromatic ring is 1. The van der Waals surface area contributed by atoms with E-state index in [4.69, 9.17) is 10.4 Å². The highest BCUT2D eigenvalue weighted by Gasteiger charge is 2.24. The van der Waals surface area contributed by atoms with E-state index in [0.717, 1.165) is 27.1 Å². The van der Waals surface area contributed by atoms with Crippen LogP contribution in [-0.2, 0) is 5.75 Å². The monoisotopic (exact) mass is 476 g/mol. The van der Waals surface area contributed by atoms with Gasteiger partial charge in [-0.1, -0.05) is 40.6 Å². The third-order valence-corrected chi connectivity index (χ3v) is 6.19. The highest BCUT2D eigenvalue weighted by molar-refractivity contribution is 7.98. The zero-order chi connectivity index (χ0) is 24.2. The Hall–Kier alpha value is -3.99. The van der Waals surface area contributed by atoms with E-state index < -0.39 is 5.91 Å². The summed E-state index contributed by atoms with van der Waals surface area (Å²) in [5, 5.41) is 19.7. The molecule has 34 heavy (non-hydrogen) atoms. The van der Waals surface area contributed by atoms with Crippen LogP contribution in [0, 0.1) is 27.7 Å². The van der Waals surface area contributed by atoms with Gasteiger partial charge in [-0.2, -0.15) is 9.78 Å². The topological polar surface area (TPSA) is 137 Å². The van der Waals surface area contributed by atoms with Gasteiger partial charge in [0.2, 0.25) is 11.6 Å². The van der Waals surface area contributed by atoms with Crippen LogP contribution in [0.4, 0.5) is 5.82 Å². The van der Waals surface area contributed by atoms with Crippen molar-refractivity contribution in [2.24, 2.45) is 5.10 Å². The van der Waals surface area contributed by atoms with Crippen LogP contribution >= 0.6 is 11.8 Å². The first-order chi connectivity index (χ1) is 16.3. The second kappa shape index (κ2) is 9.87. The number of nitrogens with zero attached hydrogens (tertiary/aromatic N) is 6. The highest BCUT2D eigenvalue weighted by Crippen LogP contribution is 2.26. The summed E-state index contributed by atoms with van der Waals surface area (Å²) in [6.45, 7) is 8.08. The van der Waals surface area contributed by atoms with Gasteiger partial charge in [-0.3, -0.25) is 4.79 Å². The van der Waals surface area contributed by atoms with Crippen LogP contribution < -0.4 is 11.2 Å². The molecule has 2 aromatic heterocycles. The Morgan fingerprint density at radius 2 is 1.82 bits per heavy atom. The molecule has 0 saturated heterocycles. The Bertz CT molecular complexity index is 1330. The molecule has 10 nitrogen and oxygen atoms in total. The number of benzene rings is 2. The summed E-state index contributed by atoms with van der Waals surface area (Å²) in [4.78, 5) is 14.0. The lowest BCUT2D eigenvalue weighted by Crippen LogP contribution is -2.20. The second-order valence-corrected chi connectivity index (χ2v) is 8.93. The highest BCUT2D eigenvalue weighted by atomic mass is 32.2. The minimum atomic E-state index is -0.501. The summed E-state index contributed by atoms with van der Waals surface area (Å²) in [6, 6.07) is 12.2. The predicted octanol–water partition coefficient (Wildman–Crippen LogP) is 3.52. The number of anilines is 1. The molecule has 0 saturated carbocycles. The standard InChI is InChI=1S/C23H24N8O2S/c1-13-5-7-17(8-6-13)34-12-19-20(26-30-31(19)22-21(24)28-33-29-22)23(32)27-25-11-18-15(3)9-14(2)10-16(18)4/h5-11H,12H2,1-4H3,(H2,24,28)(H,27,32)/b25-11+. The molecule has 0 bridgehead atoms. The third-order valence-electron chi connectivity index (χ3n) is 5.17. The maximum Gasteiger partial charge on any atom is 0.293 e. The first-order valence-corrected chi connectivity index (χ1v) is 11.5. The van der Waals surface area contributed by atoms with Crippen molar-refractivity contribution in [2.75, 3.05) is 5.73 Å². The number of hydrazone groups is 1. The molecular formula is C23H24N8O2S. The van der Waals surface area contributed by atoms with Crippen molar-refractivity contribution >= 4 is 29.7 Å². The Kier molecular flexibility index (Phi) is 6.73. The molecule has 0 unspecified atom stereocenters. The first kappa shape index (κ1) is 23.2. The van der Waals surface area contributed by atoms with Gasteiger partial charge in [-0.25, -0.2) is 10.1 Å². The van der Waals surface area contributed by atoms with E-state index >= 15 is 0 Å². The fourth-order valence-corrected chi connectivity index (χ4v) is 4.40. The van der Waals surface area contributed by atoms with E-state index in [1.807, 2.05) is 52.0 Å². The number of hydrogen-bond donors (Lipinski definition) is 2. The molecule has 4 aromatic rings. The maximum absolute atomic E-state index is 13.0. The average Bonchev–Trinajstić information content (AvgIpc) is 3.40. The molecule has 0 aliphatic heterocycles. The summed E-state index contributed by atoms with van der Waals surface area (Å²) in [6.07, 6.45) is 1.63. The van der Waals surface area contributed by atoms with Crippen molar-refractivity contribution in [2.45, 2.75) is 38.3 Å². The van der Waals surface area contributed by atoms with E-state index in [2.05, 4.69) is 43.3 Å². The summed E-state index contributed by atoms with van der Waals surface area (Å²) < 4.78 is 6.06. The molecule has 0 fully saturated rings. The maximum atomic E-state index is 13.0. The number of hydrogen-bond acceptors (Lipinski definition) is 9. The minimum absolute atomic E-state index is 0.0433. The summed E-state index contributed by atoms with van der Waals surface area (Å²) >= 11 is 1.52. The van der Waals surface area contributed by atoms with Gasteiger partial charge in [-0.15, -0.1) is 16.9 Å². The number of carbonyl (C=O) groups excluding carboxylic acids is 1. The number of thioether (sulfide) groups is 1. The molecule has 0 atom stereocenters. The molecule has 3 N–H and O–H groups in total. The lowest BCUT2D eigenvalue weighted by atomic mass is 10.0. The minimum Gasteiger partial charge on any atom is -0.378 e. The van der Waals surface area contributed by atoms with E-state index in [9.17, 15) is 4.79 Å². The molecule has 1 amide bonds. The predicted molar refractivity (Wildman–Crippen MR) is 130 cm³/mol. The van der Waals surface area contributed by atoms with E-state index in [1.165, 1.54) is 22.0 Å². The summed E-state index contributed by atoms with van der Waals surface area (Å²) in [5.41, 5.74) is 14.4. The van der Waals surface area contributed by atoms with Gasteiger partial charge in [0.1, 0.15) is 0 Å². The number of aryl methyl sites for hydroxylation is 4. The van der Waals surface area contributed by atoms with Crippen molar-refractivity contribution in [1.82, 2.24) is 30.7 Å². The summed E-state index contributed by atoms with van der Waals surface area (Å²) in [5.74, 6) is 0.0899. The number of amides is 1. The largest absolute Gasteiger partial charge is 0.378 e. The first-order valence-electron chi connectivity index (χ1n) is 10.5. The van der Waals surface area contributed by atoms with Gasteiger partial charge in [0.15, 0.2) is 5.69 Å². The molecule has 4 rings (SSSR count). The van der Waals surface area contributed by atoms with Crippen LogP contribution in [0.3, 0.4) is 0 Å². The van der Waals surface area contributed by atoms with Crippen molar-refractivity contribution in [3.8, 4) is 5.82 Å². The number of aromatic nitrogens is 5. The van der Waals surface area contributed by atoms with Crippen LogP contribution in [0.2, 0.25) is 0 Å². The molecule has 0 aliphatic rings. The fourth-order valence-electron chi connectivity index (χ4n) is 3.50. The van der Waals surface area contributed by atoms with E-state index in [1.54, 1.807) is 6.21 Å². The number of carbonyl (C=O) groups is 1. The lowest BCUT2D eigenvalue weighted by molar-refractivity contribution is 0.0949. The Labute approximate surface area is 200 Å². The van der Waals surface area contributed by atoms with Gasteiger partial charge >= 0.3 is 0 Å². The van der Waals surface area contributed by atoms with Gasteiger partial charge in [0.25, 0.3) is 5.91 Å². The zero-order valence-corrected chi connectivity index (χ0v) is 20.1. The number of rotatable bonds is 7. The van der Waals surface area contributed by atoms with E-state index in [0.29, 0.717) is 11.4 Å². The Morgan fingerprint density at radius 1 is 1.12 bits per heavy atom. The fraction of sp³-hybridized carbons (Fsp3) is 0.217. The molecule has 0 radical (unpaired) electrons.